The number of hydrogen-bond acceptors (Lipinski definition) is 1. The SMILES string of the molecule is C[Si](C)(C)OC1(C(F)(F)F)C(=C(c2ccccc2)c2ccccc2)C(c2ccccc2)=C1c1ccccc1. The summed E-state index contributed by atoms with van der Waals surface area (Å²) < 4.78 is 53.7. The summed E-state index contributed by atoms with van der Waals surface area (Å²) in [5.41, 5.74) is 1.48. The van der Waals surface area contributed by atoms with Crippen LogP contribution in [0.4, 0.5) is 13.2 Å². The van der Waals surface area contributed by atoms with Crippen molar-refractivity contribution in [3.63, 3.8) is 0 Å². The third-order valence-corrected chi connectivity index (χ3v) is 7.48. The van der Waals surface area contributed by atoms with Crippen molar-refractivity contribution >= 4 is 25.0 Å². The van der Waals surface area contributed by atoms with E-state index in [0.29, 0.717) is 27.8 Å². The molecule has 0 heterocycles. The fraction of sp³-hybridized carbons (Fsp3) is 0.152. The highest BCUT2D eigenvalue weighted by Gasteiger charge is 2.69. The predicted molar refractivity (Wildman–Crippen MR) is 152 cm³/mol. The van der Waals surface area contributed by atoms with Gasteiger partial charge >= 0.3 is 6.18 Å². The van der Waals surface area contributed by atoms with E-state index >= 15 is 13.2 Å². The molecule has 0 spiro atoms. The third-order valence-electron chi connectivity index (χ3n) is 6.56. The minimum atomic E-state index is -4.71. The van der Waals surface area contributed by atoms with Crippen LogP contribution >= 0.6 is 0 Å². The van der Waals surface area contributed by atoms with Gasteiger partial charge in [0.15, 0.2) is 8.32 Å². The minimum absolute atomic E-state index is 0.162. The number of halogens is 3. The van der Waals surface area contributed by atoms with Crippen molar-refractivity contribution in [3.8, 4) is 0 Å². The van der Waals surface area contributed by atoms with Gasteiger partial charge in [0.05, 0.1) is 0 Å². The summed E-state index contributed by atoms with van der Waals surface area (Å²) in [4.78, 5) is 0. The zero-order chi connectivity index (χ0) is 27.0. The molecule has 0 aromatic heterocycles. The van der Waals surface area contributed by atoms with Crippen LogP contribution < -0.4 is 0 Å². The van der Waals surface area contributed by atoms with Crippen molar-refractivity contribution in [2.45, 2.75) is 31.4 Å². The van der Waals surface area contributed by atoms with Gasteiger partial charge in [-0.1, -0.05) is 121 Å². The lowest BCUT2D eigenvalue weighted by Crippen LogP contribution is -2.60. The molecule has 0 amide bonds. The maximum absolute atomic E-state index is 15.8. The smallest absolute Gasteiger partial charge is 0.397 e. The van der Waals surface area contributed by atoms with Crippen molar-refractivity contribution < 1.29 is 17.6 Å². The Morgan fingerprint density at radius 3 is 1.39 bits per heavy atom. The average molecular weight is 527 g/mol. The predicted octanol–water partition coefficient (Wildman–Crippen LogP) is 9.27. The van der Waals surface area contributed by atoms with E-state index in [1.807, 2.05) is 117 Å². The van der Waals surface area contributed by atoms with E-state index < -0.39 is 20.1 Å². The van der Waals surface area contributed by atoms with Gasteiger partial charge in [-0.3, -0.25) is 0 Å². The Bertz CT molecular complexity index is 1430. The van der Waals surface area contributed by atoms with Crippen LogP contribution in [0.3, 0.4) is 0 Å². The Labute approximate surface area is 223 Å². The van der Waals surface area contributed by atoms with Gasteiger partial charge in [0, 0.05) is 11.1 Å². The quantitative estimate of drug-likeness (QED) is 0.228. The Kier molecular flexibility index (Phi) is 6.76. The number of benzene rings is 4. The van der Waals surface area contributed by atoms with Crippen molar-refractivity contribution in [3.05, 3.63) is 149 Å². The van der Waals surface area contributed by atoms with Crippen molar-refractivity contribution in [1.29, 1.82) is 0 Å². The Hall–Kier alpha value is -3.67. The van der Waals surface area contributed by atoms with Crippen molar-refractivity contribution in [1.82, 2.24) is 0 Å². The Morgan fingerprint density at radius 2 is 1.00 bits per heavy atom. The molecule has 1 atom stereocenters. The normalized spacial score (nSPS) is 17.8. The maximum atomic E-state index is 15.8. The lowest BCUT2D eigenvalue weighted by atomic mass is 9.61. The molecule has 0 radical (unpaired) electrons. The molecule has 0 saturated carbocycles. The van der Waals surface area contributed by atoms with Crippen LogP contribution in [0.1, 0.15) is 22.3 Å². The molecule has 4 aromatic carbocycles. The number of alkyl halides is 3. The lowest BCUT2D eigenvalue weighted by molar-refractivity contribution is -0.214. The summed E-state index contributed by atoms with van der Waals surface area (Å²) in [5.74, 6) is 0. The molecule has 1 unspecified atom stereocenters. The second-order valence-corrected chi connectivity index (χ2v) is 14.8. The molecular weight excluding hydrogens is 497 g/mol. The van der Waals surface area contributed by atoms with E-state index in [-0.39, 0.29) is 11.1 Å². The highest BCUT2D eigenvalue weighted by atomic mass is 28.4. The third kappa shape index (κ3) is 4.57. The molecule has 38 heavy (non-hydrogen) atoms. The van der Waals surface area contributed by atoms with Crippen LogP contribution in [0.5, 0.6) is 0 Å². The van der Waals surface area contributed by atoms with Gasteiger partial charge in [-0.25, -0.2) is 0 Å². The van der Waals surface area contributed by atoms with E-state index in [0.717, 1.165) is 5.56 Å². The van der Waals surface area contributed by atoms with Crippen LogP contribution in [0.2, 0.25) is 19.6 Å². The molecule has 1 nitrogen and oxygen atoms in total. The highest BCUT2D eigenvalue weighted by molar-refractivity contribution is 6.70. The van der Waals surface area contributed by atoms with E-state index in [4.69, 9.17) is 4.43 Å². The molecule has 192 valence electrons. The standard InChI is InChI=1S/C33H29F3OSi/c1-38(2,3)37-32(33(34,35)36)30(27-22-14-7-15-23-27)29(26-20-12-6-13-21-26)31(32)28(24-16-8-4-9-17-24)25-18-10-5-11-19-25/h4-23H,1-3H3. The second kappa shape index (κ2) is 9.90. The molecule has 1 aliphatic rings. The fourth-order valence-corrected chi connectivity index (χ4v) is 6.49. The first-order valence-electron chi connectivity index (χ1n) is 12.6. The van der Waals surface area contributed by atoms with Crippen LogP contribution in [-0.4, -0.2) is 20.1 Å². The lowest BCUT2D eigenvalue weighted by Gasteiger charge is -2.53. The molecule has 4 aromatic rings. The van der Waals surface area contributed by atoms with Crippen LogP contribution in [-0.2, 0) is 4.43 Å². The van der Waals surface area contributed by atoms with E-state index in [2.05, 4.69) is 0 Å². The molecular formula is C33H29F3OSi. The number of rotatable bonds is 6. The fourth-order valence-electron chi connectivity index (χ4n) is 5.25. The molecule has 5 rings (SSSR count). The van der Waals surface area contributed by atoms with Crippen LogP contribution in [0, 0.1) is 0 Å². The average Bonchev–Trinajstić information content (AvgIpc) is 2.90. The van der Waals surface area contributed by atoms with E-state index in [1.54, 1.807) is 24.3 Å². The summed E-state index contributed by atoms with van der Waals surface area (Å²) in [6, 6.07) is 36.9. The zero-order valence-corrected chi connectivity index (χ0v) is 22.6. The van der Waals surface area contributed by atoms with Gasteiger partial charge < -0.3 is 4.43 Å². The molecule has 0 saturated heterocycles. The van der Waals surface area contributed by atoms with Gasteiger partial charge in [0.1, 0.15) is 0 Å². The molecule has 0 fully saturated rings. The van der Waals surface area contributed by atoms with Gasteiger partial charge in [0.25, 0.3) is 0 Å². The van der Waals surface area contributed by atoms with E-state index in [9.17, 15) is 0 Å². The number of hydrogen-bond donors (Lipinski definition) is 0. The first kappa shape index (κ1) is 26.0. The summed E-state index contributed by atoms with van der Waals surface area (Å²) in [5, 5.41) is 0. The summed E-state index contributed by atoms with van der Waals surface area (Å²) in [6.07, 6.45) is -4.71. The Morgan fingerprint density at radius 1 is 0.605 bits per heavy atom. The topological polar surface area (TPSA) is 9.23 Å². The molecule has 5 heteroatoms. The Balaban J connectivity index is 2.02. The summed E-state index contributed by atoms with van der Waals surface area (Å²) >= 11 is 0. The van der Waals surface area contributed by atoms with Crippen LogP contribution in [0.15, 0.2) is 127 Å². The summed E-state index contributed by atoms with van der Waals surface area (Å²) in [7, 11) is -2.76. The molecule has 0 aliphatic heterocycles. The van der Waals surface area contributed by atoms with Gasteiger partial charge in [-0.2, -0.15) is 13.2 Å². The first-order chi connectivity index (χ1) is 18.1. The molecule has 0 bridgehead atoms. The highest BCUT2D eigenvalue weighted by Crippen LogP contribution is 2.65. The largest absolute Gasteiger partial charge is 0.425 e. The molecule has 0 N–H and O–H groups in total. The monoisotopic (exact) mass is 526 g/mol. The van der Waals surface area contributed by atoms with Crippen molar-refractivity contribution in [2.75, 3.05) is 0 Å². The molecule has 1 aliphatic carbocycles. The van der Waals surface area contributed by atoms with Gasteiger partial charge in [-0.05, 0) is 53.0 Å². The minimum Gasteiger partial charge on any atom is -0.397 e. The van der Waals surface area contributed by atoms with Gasteiger partial charge in [-0.15, -0.1) is 0 Å². The maximum Gasteiger partial charge on any atom is 0.425 e. The zero-order valence-electron chi connectivity index (χ0n) is 21.6. The van der Waals surface area contributed by atoms with Crippen molar-refractivity contribution in [2.24, 2.45) is 0 Å². The second-order valence-electron chi connectivity index (χ2n) is 10.4. The summed E-state index contributed by atoms with van der Waals surface area (Å²) in [6.45, 7) is 5.43. The van der Waals surface area contributed by atoms with E-state index in [1.165, 1.54) is 0 Å². The van der Waals surface area contributed by atoms with Crippen LogP contribution in [0.25, 0.3) is 16.7 Å². The first-order valence-corrected chi connectivity index (χ1v) is 16.0. The van der Waals surface area contributed by atoms with Gasteiger partial charge in [0.2, 0.25) is 5.60 Å².